The lowest BCUT2D eigenvalue weighted by Crippen LogP contribution is -2.47. The average Bonchev–Trinajstić information content (AvgIpc) is 2.94. The third kappa shape index (κ3) is 2.68. The predicted molar refractivity (Wildman–Crippen MR) is 109 cm³/mol. The van der Waals surface area contributed by atoms with Gasteiger partial charge in [0.1, 0.15) is 0 Å². The highest BCUT2D eigenvalue weighted by Gasteiger charge is 2.54. The van der Waals surface area contributed by atoms with Gasteiger partial charge in [-0.15, -0.1) is 0 Å². The van der Waals surface area contributed by atoms with E-state index in [9.17, 15) is 4.79 Å². The maximum atomic E-state index is 12.1. The molecule has 0 bridgehead atoms. The first kappa shape index (κ1) is 18.5. The zero-order valence-corrected chi connectivity index (χ0v) is 17.5. The zero-order chi connectivity index (χ0) is 18.5. The van der Waals surface area contributed by atoms with Gasteiger partial charge in [-0.25, -0.2) is 0 Å². The molecule has 1 heteroatoms. The third-order valence-corrected chi connectivity index (χ3v) is 9.09. The first-order valence-corrected chi connectivity index (χ1v) is 11.4. The van der Waals surface area contributed by atoms with E-state index in [0.717, 1.165) is 24.7 Å². The molecule has 0 aromatic rings. The summed E-state index contributed by atoms with van der Waals surface area (Å²) in [6.07, 6.45) is 16.3. The Hall–Kier alpha value is -0.850. The van der Waals surface area contributed by atoms with Crippen LogP contribution in [0.25, 0.3) is 0 Å². The molecule has 0 aromatic carbocycles. The molecule has 5 atom stereocenters. The Morgan fingerprint density at radius 3 is 2.69 bits per heavy atom. The lowest BCUT2D eigenvalue weighted by atomic mass is 9.49. The Balaban J connectivity index is 1.63. The normalized spacial score (nSPS) is 42.2. The summed E-state index contributed by atoms with van der Waals surface area (Å²) in [6, 6.07) is 0. The van der Waals surface area contributed by atoms with Crippen molar-refractivity contribution in [1.29, 1.82) is 0 Å². The molecule has 0 N–H and O–H groups in total. The second-order valence-electron chi connectivity index (χ2n) is 10.3. The van der Waals surface area contributed by atoms with Crippen molar-refractivity contribution >= 4 is 5.78 Å². The van der Waals surface area contributed by atoms with Crippen LogP contribution in [0.4, 0.5) is 0 Å². The molecule has 0 unspecified atom stereocenters. The Bertz CT molecular complexity index is 653. The lowest BCUT2D eigenvalue weighted by Gasteiger charge is -2.55. The van der Waals surface area contributed by atoms with E-state index in [-0.39, 0.29) is 5.41 Å². The number of fused-ring (bicyclic) bond motifs is 4. The van der Waals surface area contributed by atoms with E-state index in [0.29, 0.717) is 17.1 Å². The van der Waals surface area contributed by atoms with Crippen LogP contribution in [0.3, 0.4) is 0 Å². The van der Waals surface area contributed by atoms with Gasteiger partial charge < -0.3 is 0 Å². The molecule has 0 aromatic heterocycles. The number of hydrogen-bond donors (Lipinski definition) is 0. The van der Waals surface area contributed by atoms with E-state index >= 15 is 0 Å². The van der Waals surface area contributed by atoms with E-state index in [1.807, 2.05) is 17.2 Å². The number of hydrogen-bond acceptors (Lipinski definition) is 1. The molecule has 4 aliphatic carbocycles. The van der Waals surface area contributed by atoms with E-state index in [1.54, 1.807) is 0 Å². The highest BCUT2D eigenvalue weighted by Crippen LogP contribution is 2.64. The van der Waals surface area contributed by atoms with Gasteiger partial charge in [-0.05, 0) is 79.6 Å². The minimum Gasteiger partial charge on any atom is -0.295 e. The maximum Gasteiger partial charge on any atom is 0.155 e. The van der Waals surface area contributed by atoms with E-state index in [2.05, 4.69) is 27.7 Å². The third-order valence-electron chi connectivity index (χ3n) is 9.09. The van der Waals surface area contributed by atoms with Crippen LogP contribution in [0.1, 0.15) is 98.3 Å². The first-order valence-electron chi connectivity index (χ1n) is 11.4. The fourth-order valence-corrected chi connectivity index (χ4v) is 7.34. The van der Waals surface area contributed by atoms with Gasteiger partial charge in [-0.1, -0.05) is 63.7 Å². The minimum absolute atomic E-state index is 0.274. The number of unbranched alkanes of at least 4 members (excludes halogenated alkanes) is 2. The molecule has 0 radical (unpaired) electrons. The number of ketones is 1. The summed E-state index contributed by atoms with van der Waals surface area (Å²) in [7, 11) is 0. The van der Waals surface area contributed by atoms with Gasteiger partial charge in [0.25, 0.3) is 0 Å². The average molecular weight is 355 g/mol. The van der Waals surface area contributed by atoms with Crippen molar-refractivity contribution in [3.05, 3.63) is 22.8 Å². The summed E-state index contributed by atoms with van der Waals surface area (Å²) in [6.45, 7) is 9.74. The van der Waals surface area contributed by atoms with Gasteiger partial charge in [-0.2, -0.15) is 0 Å². The topological polar surface area (TPSA) is 17.1 Å². The monoisotopic (exact) mass is 354 g/mol. The Kier molecular flexibility index (Phi) is 4.73. The van der Waals surface area contributed by atoms with Crippen molar-refractivity contribution in [2.45, 2.75) is 98.3 Å². The van der Waals surface area contributed by atoms with E-state index < -0.39 is 0 Å². The van der Waals surface area contributed by atoms with Crippen LogP contribution < -0.4 is 0 Å². The summed E-state index contributed by atoms with van der Waals surface area (Å²) in [4.78, 5) is 12.1. The molecule has 144 valence electrons. The van der Waals surface area contributed by atoms with Crippen LogP contribution in [0, 0.1) is 28.6 Å². The maximum absolute atomic E-state index is 12.1. The fraction of sp³-hybridized carbons (Fsp3) is 0.800. The predicted octanol–water partition coefficient (Wildman–Crippen LogP) is 7.03. The summed E-state index contributed by atoms with van der Waals surface area (Å²) >= 11 is 0. The first-order chi connectivity index (χ1) is 12.4. The van der Waals surface area contributed by atoms with Crippen LogP contribution in [-0.4, -0.2) is 5.78 Å². The van der Waals surface area contributed by atoms with Gasteiger partial charge in [0.15, 0.2) is 5.78 Å². The van der Waals surface area contributed by atoms with Crippen LogP contribution in [0.15, 0.2) is 22.8 Å². The van der Waals surface area contributed by atoms with Gasteiger partial charge in [0.2, 0.25) is 0 Å². The van der Waals surface area contributed by atoms with E-state index in [4.69, 9.17) is 0 Å². The van der Waals surface area contributed by atoms with Crippen molar-refractivity contribution in [3.63, 3.8) is 0 Å². The zero-order valence-electron chi connectivity index (χ0n) is 17.5. The second kappa shape index (κ2) is 6.64. The molecule has 0 aliphatic heterocycles. The summed E-state index contributed by atoms with van der Waals surface area (Å²) < 4.78 is 0. The highest BCUT2D eigenvalue weighted by atomic mass is 16.1. The minimum atomic E-state index is 0.274. The number of carbonyl (C=O) groups is 1. The Morgan fingerprint density at radius 1 is 1.12 bits per heavy atom. The quantitative estimate of drug-likeness (QED) is 0.391. The van der Waals surface area contributed by atoms with Crippen LogP contribution in [0.5, 0.6) is 0 Å². The van der Waals surface area contributed by atoms with Crippen molar-refractivity contribution in [2.75, 3.05) is 0 Å². The van der Waals surface area contributed by atoms with Crippen LogP contribution in [-0.2, 0) is 4.79 Å². The fourth-order valence-electron chi connectivity index (χ4n) is 7.34. The Labute approximate surface area is 160 Å². The molecular weight excluding hydrogens is 316 g/mol. The van der Waals surface area contributed by atoms with Gasteiger partial charge in [0.05, 0.1) is 0 Å². The molecule has 1 nitrogen and oxygen atoms in total. The number of carbonyl (C=O) groups excluding carboxylic acids is 1. The van der Waals surface area contributed by atoms with Crippen LogP contribution >= 0.6 is 0 Å². The largest absolute Gasteiger partial charge is 0.295 e. The van der Waals surface area contributed by atoms with Crippen molar-refractivity contribution in [1.82, 2.24) is 0 Å². The molecule has 4 rings (SSSR count). The summed E-state index contributed by atoms with van der Waals surface area (Å²) in [5.41, 5.74) is 6.03. The molecule has 0 heterocycles. The standard InChI is InChI=1S/C25H38O/c1-5-6-7-13-24(3)14-12-21-20-9-8-18-16-19(26)15-17(2)25(18,4)23(20)11-10-22(21)24/h16-17,20,23H,5-15H2,1-4H3/t17-,20-,23-,24+,25-/m0/s1. The molecule has 1 saturated carbocycles. The van der Waals surface area contributed by atoms with Gasteiger partial charge in [-0.3, -0.25) is 4.79 Å². The van der Waals surface area contributed by atoms with Crippen molar-refractivity contribution in [2.24, 2.45) is 28.6 Å². The summed E-state index contributed by atoms with van der Waals surface area (Å²) in [5, 5.41) is 0. The smallest absolute Gasteiger partial charge is 0.155 e. The van der Waals surface area contributed by atoms with Crippen molar-refractivity contribution in [3.8, 4) is 0 Å². The SMILES string of the molecule is CCCCC[C@]1(C)CCC2=C1CC[C@H]1[C@H]2CCC2=CC(=O)C[C@H](C)[C@@]21C. The lowest BCUT2D eigenvalue weighted by molar-refractivity contribution is -0.118. The number of allylic oxidation sites excluding steroid dienone is 4. The molecular formula is C25H38O. The molecule has 0 spiro atoms. The highest BCUT2D eigenvalue weighted by molar-refractivity contribution is 5.92. The van der Waals surface area contributed by atoms with E-state index in [1.165, 1.54) is 63.4 Å². The van der Waals surface area contributed by atoms with Crippen molar-refractivity contribution < 1.29 is 4.79 Å². The molecule has 0 amide bonds. The molecule has 4 aliphatic rings. The summed E-state index contributed by atoms with van der Waals surface area (Å²) in [5.74, 6) is 2.48. The molecule has 0 saturated heterocycles. The second-order valence-corrected chi connectivity index (χ2v) is 10.3. The van der Waals surface area contributed by atoms with Gasteiger partial charge in [0, 0.05) is 6.42 Å². The van der Waals surface area contributed by atoms with Gasteiger partial charge >= 0.3 is 0 Å². The number of rotatable bonds is 4. The Morgan fingerprint density at radius 2 is 1.92 bits per heavy atom. The molecule has 26 heavy (non-hydrogen) atoms. The molecule has 1 fully saturated rings. The van der Waals surface area contributed by atoms with Crippen LogP contribution in [0.2, 0.25) is 0 Å².